The van der Waals surface area contributed by atoms with Crippen molar-refractivity contribution < 1.29 is 4.79 Å². The highest BCUT2D eigenvalue weighted by molar-refractivity contribution is 5.88. The number of H-pyrrole nitrogens is 1. The van der Waals surface area contributed by atoms with E-state index in [0.29, 0.717) is 6.54 Å². The van der Waals surface area contributed by atoms with E-state index in [1.165, 1.54) is 0 Å². The number of urea groups is 1. The molecule has 0 saturated carbocycles. The zero-order chi connectivity index (χ0) is 18.6. The van der Waals surface area contributed by atoms with Crippen molar-refractivity contribution in [1.29, 1.82) is 0 Å². The minimum absolute atomic E-state index is 0.0611. The Bertz CT molecular complexity index is 881. The van der Waals surface area contributed by atoms with Crippen molar-refractivity contribution in [2.75, 3.05) is 18.4 Å². The van der Waals surface area contributed by atoms with Crippen LogP contribution in [-0.4, -0.2) is 43.8 Å². The third-order valence-corrected chi connectivity index (χ3v) is 5.18. The largest absolute Gasteiger partial charge is 0.342 e. The van der Waals surface area contributed by atoms with Gasteiger partial charge in [0.15, 0.2) is 0 Å². The van der Waals surface area contributed by atoms with Crippen LogP contribution in [0.3, 0.4) is 0 Å². The molecule has 3 aromatic rings. The van der Waals surface area contributed by atoms with E-state index in [2.05, 4.69) is 22.3 Å². The van der Waals surface area contributed by atoms with E-state index >= 15 is 0 Å². The first-order valence-corrected chi connectivity index (χ1v) is 9.77. The molecule has 1 aliphatic heterocycles. The van der Waals surface area contributed by atoms with Gasteiger partial charge >= 0.3 is 6.03 Å². The van der Waals surface area contributed by atoms with Crippen LogP contribution in [0.2, 0.25) is 0 Å². The first-order chi connectivity index (χ1) is 13.2. The third kappa shape index (κ3) is 3.82. The maximum Gasteiger partial charge on any atom is 0.323 e. The molecule has 0 aliphatic carbocycles. The minimum Gasteiger partial charge on any atom is -0.342 e. The number of carbonyl (C=O) groups excluding carboxylic acids is 1. The van der Waals surface area contributed by atoms with Crippen LogP contribution in [0.4, 0.5) is 10.6 Å². The molecule has 2 N–H and O–H groups in total. The van der Waals surface area contributed by atoms with Crippen LogP contribution in [-0.2, 0) is 6.54 Å². The number of hydrogen-bond acceptors (Lipinski definition) is 3. The lowest BCUT2D eigenvalue weighted by atomic mass is 9.97. The fourth-order valence-electron chi connectivity index (χ4n) is 3.66. The van der Waals surface area contributed by atoms with E-state index < -0.39 is 0 Å². The lowest BCUT2D eigenvalue weighted by molar-refractivity contribution is 0.191. The van der Waals surface area contributed by atoms with E-state index in [9.17, 15) is 4.79 Å². The molecule has 1 atom stereocenters. The average molecular weight is 366 g/mol. The van der Waals surface area contributed by atoms with E-state index in [1.54, 1.807) is 6.20 Å². The Hall–Kier alpha value is -2.83. The van der Waals surface area contributed by atoms with Gasteiger partial charge in [0, 0.05) is 31.6 Å². The van der Waals surface area contributed by atoms with Gasteiger partial charge in [-0.05, 0) is 31.4 Å². The van der Waals surface area contributed by atoms with Gasteiger partial charge in [-0.15, -0.1) is 0 Å². The van der Waals surface area contributed by atoms with Crippen molar-refractivity contribution in [1.82, 2.24) is 24.6 Å². The fraction of sp³-hybridized carbons (Fsp3) is 0.450. The number of rotatable bonds is 5. The Kier molecular flexibility index (Phi) is 5.09. The van der Waals surface area contributed by atoms with Crippen LogP contribution in [0.25, 0.3) is 11.0 Å². The number of anilines is 1. The van der Waals surface area contributed by atoms with Crippen molar-refractivity contribution in [3.63, 3.8) is 0 Å². The summed E-state index contributed by atoms with van der Waals surface area (Å²) < 4.78 is 1.86. The van der Waals surface area contributed by atoms with Gasteiger partial charge in [-0.25, -0.2) is 14.5 Å². The Balaban J connectivity index is 1.43. The number of nitrogens with one attached hydrogen (secondary N) is 2. The number of unbranched alkanes of at least 4 members (excludes halogenated alkanes) is 1. The highest BCUT2D eigenvalue weighted by Crippen LogP contribution is 2.27. The van der Waals surface area contributed by atoms with Gasteiger partial charge in [-0.2, -0.15) is 5.10 Å². The number of aryl methyl sites for hydroxylation is 1. The summed E-state index contributed by atoms with van der Waals surface area (Å²) in [6.07, 6.45) is 5.89. The molecule has 2 aromatic heterocycles. The SMILES string of the molecule is CCCCn1nccc1NC(=O)N1CCCC(c2nc3ccccc3[nH]2)C1. The molecule has 142 valence electrons. The van der Waals surface area contributed by atoms with Crippen molar-refractivity contribution >= 4 is 22.9 Å². The van der Waals surface area contributed by atoms with Crippen molar-refractivity contribution in [2.45, 2.75) is 45.1 Å². The topological polar surface area (TPSA) is 78.8 Å². The molecule has 1 aromatic carbocycles. The van der Waals surface area contributed by atoms with Gasteiger partial charge in [-0.1, -0.05) is 25.5 Å². The first kappa shape index (κ1) is 17.6. The molecule has 2 amide bonds. The molecule has 0 bridgehead atoms. The van der Waals surface area contributed by atoms with E-state index in [1.807, 2.05) is 39.9 Å². The van der Waals surface area contributed by atoms with Gasteiger partial charge < -0.3 is 9.88 Å². The zero-order valence-electron chi connectivity index (χ0n) is 15.7. The number of aromatic amines is 1. The van der Waals surface area contributed by atoms with Crippen molar-refractivity contribution in [2.24, 2.45) is 0 Å². The molecule has 0 spiro atoms. The van der Waals surface area contributed by atoms with Crippen LogP contribution in [0, 0.1) is 0 Å². The summed E-state index contributed by atoms with van der Waals surface area (Å²) in [4.78, 5) is 22.8. The first-order valence-electron chi connectivity index (χ1n) is 9.77. The smallest absolute Gasteiger partial charge is 0.323 e. The molecule has 1 fully saturated rings. The molecule has 1 saturated heterocycles. The molecular weight excluding hydrogens is 340 g/mol. The Morgan fingerprint density at radius 2 is 2.22 bits per heavy atom. The van der Waals surface area contributed by atoms with Gasteiger partial charge in [0.05, 0.1) is 17.2 Å². The number of piperidine rings is 1. The summed E-state index contributed by atoms with van der Waals surface area (Å²) >= 11 is 0. The molecule has 1 unspecified atom stereocenters. The molecule has 7 heteroatoms. The predicted octanol–water partition coefficient (Wildman–Crippen LogP) is 3.97. The fourth-order valence-corrected chi connectivity index (χ4v) is 3.66. The number of benzene rings is 1. The number of aromatic nitrogens is 4. The maximum atomic E-state index is 12.8. The molecule has 7 nitrogen and oxygen atoms in total. The zero-order valence-corrected chi connectivity index (χ0v) is 15.7. The molecular formula is C20H26N6O. The predicted molar refractivity (Wildman–Crippen MR) is 106 cm³/mol. The van der Waals surface area contributed by atoms with Crippen LogP contribution < -0.4 is 5.32 Å². The monoisotopic (exact) mass is 366 g/mol. The number of amides is 2. The summed E-state index contributed by atoms with van der Waals surface area (Å²) in [5.74, 6) is 1.97. The van der Waals surface area contributed by atoms with Crippen molar-refractivity contribution in [3.05, 3.63) is 42.4 Å². The molecule has 4 rings (SSSR count). The number of carbonyl (C=O) groups is 1. The van der Waals surface area contributed by atoms with E-state index in [-0.39, 0.29) is 11.9 Å². The summed E-state index contributed by atoms with van der Waals surface area (Å²) in [5, 5.41) is 7.33. The minimum atomic E-state index is -0.0611. The highest BCUT2D eigenvalue weighted by Gasteiger charge is 2.27. The lowest BCUT2D eigenvalue weighted by Gasteiger charge is -2.31. The molecule has 3 heterocycles. The summed E-state index contributed by atoms with van der Waals surface area (Å²) in [6.45, 7) is 4.41. The number of nitrogens with zero attached hydrogens (tertiary/aromatic N) is 4. The summed E-state index contributed by atoms with van der Waals surface area (Å²) in [5.41, 5.74) is 2.03. The number of imidazole rings is 1. The van der Waals surface area contributed by atoms with Crippen LogP contribution >= 0.6 is 0 Å². The second-order valence-corrected chi connectivity index (χ2v) is 7.15. The van der Waals surface area contributed by atoms with Gasteiger partial charge in [0.1, 0.15) is 11.6 Å². The summed E-state index contributed by atoms with van der Waals surface area (Å²) in [7, 11) is 0. The number of likely N-dealkylation sites (tertiary alicyclic amines) is 1. The average Bonchev–Trinajstić information content (AvgIpc) is 3.33. The number of hydrogen-bond donors (Lipinski definition) is 2. The lowest BCUT2D eigenvalue weighted by Crippen LogP contribution is -2.42. The van der Waals surface area contributed by atoms with E-state index in [0.717, 1.165) is 61.4 Å². The maximum absolute atomic E-state index is 12.8. The van der Waals surface area contributed by atoms with Crippen molar-refractivity contribution in [3.8, 4) is 0 Å². The molecule has 0 radical (unpaired) electrons. The number of fused-ring (bicyclic) bond motifs is 1. The molecule has 1 aliphatic rings. The second kappa shape index (κ2) is 7.82. The van der Waals surface area contributed by atoms with Gasteiger partial charge in [-0.3, -0.25) is 5.32 Å². The van der Waals surface area contributed by atoms with Gasteiger partial charge in [0.2, 0.25) is 0 Å². The van der Waals surface area contributed by atoms with Gasteiger partial charge in [0.25, 0.3) is 0 Å². The van der Waals surface area contributed by atoms with Crippen LogP contribution in [0.1, 0.15) is 44.3 Å². The van der Waals surface area contributed by atoms with Crippen LogP contribution in [0.5, 0.6) is 0 Å². The van der Waals surface area contributed by atoms with E-state index in [4.69, 9.17) is 4.98 Å². The third-order valence-electron chi connectivity index (χ3n) is 5.18. The normalized spacial score (nSPS) is 17.4. The highest BCUT2D eigenvalue weighted by atomic mass is 16.2. The summed E-state index contributed by atoms with van der Waals surface area (Å²) in [6, 6.07) is 9.85. The van der Waals surface area contributed by atoms with Crippen LogP contribution in [0.15, 0.2) is 36.5 Å². The quantitative estimate of drug-likeness (QED) is 0.717. The molecule has 27 heavy (non-hydrogen) atoms. The standard InChI is InChI=1S/C20H26N6O/c1-2-3-13-26-18(10-11-21-26)24-20(27)25-12-6-7-15(14-25)19-22-16-8-4-5-9-17(16)23-19/h4-5,8-11,15H,2-3,6-7,12-14H2,1H3,(H,22,23)(H,24,27). The Morgan fingerprint density at radius 3 is 3.07 bits per heavy atom. The Labute approximate surface area is 158 Å². The Morgan fingerprint density at radius 1 is 1.33 bits per heavy atom. The second-order valence-electron chi connectivity index (χ2n) is 7.15. The number of para-hydroxylation sites is 2.